The summed E-state index contributed by atoms with van der Waals surface area (Å²) < 4.78 is 24.9. The van der Waals surface area contributed by atoms with E-state index in [1.807, 2.05) is 6.92 Å². The first-order valence-corrected chi connectivity index (χ1v) is 7.53. The fourth-order valence-corrected chi connectivity index (χ4v) is 2.46. The summed E-state index contributed by atoms with van der Waals surface area (Å²) in [6.07, 6.45) is 0. The Kier molecular flexibility index (Phi) is 5.89. The second-order valence-corrected chi connectivity index (χ2v) is 5.35. The number of nitrogens with two attached hydrogens (primary N) is 1. The minimum absolute atomic E-state index is 0.0483. The van der Waals surface area contributed by atoms with Gasteiger partial charge in [-0.3, -0.25) is 0 Å². The van der Waals surface area contributed by atoms with E-state index in [4.69, 9.17) is 38.4 Å². The molecule has 6 heteroatoms. The Morgan fingerprint density at radius 3 is 2.55 bits per heavy atom. The van der Waals surface area contributed by atoms with Crippen molar-refractivity contribution in [2.75, 3.05) is 6.61 Å². The van der Waals surface area contributed by atoms with Crippen LogP contribution >= 0.6 is 23.2 Å². The number of halogens is 3. The van der Waals surface area contributed by atoms with E-state index in [0.717, 1.165) is 5.56 Å². The van der Waals surface area contributed by atoms with Gasteiger partial charge in [-0.05, 0) is 36.8 Å². The van der Waals surface area contributed by atoms with Crippen molar-refractivity contribution in [3.8, 4) is 11.5 Å². The van der Waals surface area contributed by atoms with Crippen molar-refractivity contribution in [1.29, 1.82) is 0 Å². The second kappa shape index (κ2) is 7.68. The van der Waals surface area contributed by atoms with Crippen molar-refractivity contribution in [1.82, 2.24) is 0 Å². The molecule has 0 atom stereocenters. The third kappa shape index (κ3) is 3.83. The summed E-state index contributed by atoms with van der Waals surface area (Å²) in [5, 5.41) is 0.659. The van der Waals surface area contributed by atoms with Gasteiger partial charge < -0.3 is 15.2 Å². The van der Waals surface area contributed by atoms with Crippen molar-refractivity contribution in [2.24, 2.45) is 5.73 Å². The molecular formula is C16H16Cl2FNO2. The van der Waals surface area contributed by atoms with Gasteiger partial charge in [-0.15, -0.1) is 0 Å². The van der Waals surface area contributed by atoms with Gasteiger partial charge in [0.25, 0.3) is 0 Å². The van der Waals surface area contributed by atoms with Crippen LogP contribution in [-0.4, -0.2) is 6.61 Å². The topological polar surface area (TPSA) is 44.5 Å². The smallest absolute Gasteiger partial charge is 0.180 e. The number of benzene rings is 2. The number of rotatable bonds is 6. The van der Waals surface area contributed by atoms with Crippen LogP contribution in [-0.2, 0) is 13.2 Å². The van der Waals surface area contributed by atoms with Crippen LogP contribution in [0.15, 0.2) is 30.3 Å². The molecule has 2 rings (SSSR count). The van der Waals surface area contributed by atoms with E-state index in [1.54, 1.807) is 18.2 Å². The minimum atomic E-state index is -0.430. The molecule has 0 spiro atoms. The molecule has 0 unspecified atom stereocenters. The van der Waals surface area contributed by atoms with Crippen LogP contribution in [0.3, 0.4) is 0 Å². The van der Waals surface area contributed by atoms with E-state index in [0.29, 0.717) is 34.7 Å². The molecule has 0 bridgehead atoms. The maximum Gasteiger partial charge on any atom is 0.180 e. The number of ether oxygens (including phenoxy) is 2. The Morgan fingerprint density at radius 2 is 1.91 bits per heavy atom. The first-order chi connectivity index (χ1) is 10.6. The maximum atomic E-state index is 13.8. The van der Waals surface area contributed by atoms with E-state index < -0.39 is 5.82 Å². The van der Waals surface area contributed by atoms with Crippen molar-refractivity contribution in [3.63, 3.8) is 0 Å². The predicted molar refractivity (Wildman–Crippen MR) is 86.3 cm³/mol. The summed E-state index contributed by atoms with van der Waals surface area (Å²) in [7, 11) is 0. The largest absolute Gasteiger partial charge is 0.490 e. The van der Waals surface area contributed by atoms with Gasteiger partial charge in [-0.2, -0.15) is 0 Å². The van der Waals surface area contributed by atoms with E-state index in [9.17, 15) is 4.39 Å². The van der Waals surface area contributed by atoms with Crippen LogP contribution in [0.4, 0.5) is 4.39 Å². The first kappa shape index (κ1) is 16.9. The lowest BCUT2D eigenvalue weighted by atomic mass is 10.2. The van der Waals surface area contributed by atoms with Crippen LogP contribution in [0.25, 0.3) is 0 Å². The summed E-state index contributed by atoms with van der Waals surface area (Å²) in [6, 6.07) is 7.92. The highest BCUT2D eigenvalue weighted by atomic mass is 35.5. The van der Waals surface area contributed by atoms with Gasteiger partial charge in [0.05, 0.1) is 16.7 Å². The van der Waals surface area contributed by atoms with Crippen LogP contribution in [0, 0.1) is 5.82 Å². The van der Waals surface area contributed by atoms with E-state index in [2.05, 4.69) is 0 Å². The van der Waals surface area contributed by atoms with Crippen LogP contribution in [0.2, 0.25) is 10.0 Å². The van der Waals surface area contributed by atoms with Gasteiger partial charge in [0.15, 0.2) is 11.5 Å². The maximum absolute atomic E-state index is 13.8. The molecule has 0 saturated carbocycles. The van der Waals surface area contributed by atoms with E-state index in [1.165, 1.54) is 12.1 Å². The summed E-state index contributed by atoms with van der Waals surface area (Å²) >= 11 is 12.2. The molecule has 0 radical (unpaired) electrons. The standard InChI is InChI=1S/C16H16Cl2FNO2/c1-2-21-15-7-10(8-20)6-13(18)16(15)22-9-11-12(17)4-3-5-14(11)19/h3-7H,2,8-9,20H2,1H3. The third-order valence-corrected chi connectivity index (χ3v) is 3.66. The van der Waals surface area contributed by atoms with Gasteiger partial charge >= 0.3 is 0 Å². The summed E-state index contributed by atoms with van der Waals surface area (Å²) in [4.78, 5) is 0. The Balaban J connectivity index is 2.29. The van der Waals surface area contributed by atoms with Gasteiger partial charge in [0.1, 0.15) is 12.4 Å². The second-order valence-electron chi connectivity index (χ2n) is 4.53. The zero-order valence-corrected chi connectivity index (χ0v) is 13.5. The molecule has 0 aromatic heterocycles. The molecule has 2 N–H and O–H groups in total. The molecule has 2 aromatic rings. The Hall–Kier alpha value is -1.49. The number of hydrogen-bond donors (Lipinski definition) is 1. The van der Waals surface area contributed by atoms with Gasteiger partial charge in [0.2, 0.25) is 0 Å². The van der Waals surface area contributed by atoms with Crippen molar-refractivity contribution < 1.29 is 13.9 Å². The van der Waals surface area contributed by atoms with E-state index >= 15 is 0 Å². The lowest BCUT2D eigenvalue weighted by molar-refractivity contribution is 0.266. The summed E-state index contributed by atoms with van der Waals surface area (Å²) in [5.41, 5.74) is 6.71. The van der Waals surface area contributed by atoms with Crippen LogP contribution < -0.4 is 15.2 Å². The average Bonchev–Trinajstić information content (AvgIpc) is 2.48. The highest BCUT2D eigenvalue weighted by Gasteiger charge is 2.14. The molecule has 0 heterocycles. The molecular weight excluding hydrogens is 328 g/mol. The van der Waals surface area contributed by atoms with Gasteiger partial charge in [-0.25, -0.2) is 4.39 Å². The molecule has 0 aliphatic carbocycles. The molecule has 0 saturated heterocycles. The van der Waals surface area contributed by atoms with Crippen molar-refractivity contribution >= 4 is 23.2 Å². The molecule has 2 aromatic carbocycles. The van der Waals surface area contributed by atoms with E-state index in [-0.39, 0.29) is 12.2 Å². The molecule has 118 valence electrons. The Morgan fingerprint density at radius 1 is 1.14 bits per heavy atom. The highest BCUT2D eigenvalue weighted by Crippen LogP contribution is 2.37. The molecule has 22 heavy (non-hydrogen) atoms. The van der Waals surface area contributed by atoms with Gasteiger partial charge in [-0.1, -0.05) is 29.3 Å². The zero-order chi connectivity index (χ0) is 16.1. The van der Waals surface area contributed by atoms with Crippen molar-refractivity contribution in [3.05, 3.63) is 57.3 Å². The molecule has 0 amide bonds. The highest BCUT2D eigenvalue weighted by molar-refractivity contribution is 6.32. The van der Waals surface area contributed by atoms with Crippen molar-refractivity contribution in [2.45, 2.75) is 20.1 Å². The zero-order valence-electron chi connectivity index (χ0n) is 12.0. The summed E-state index contributed by atoms with van der Waals surface area (Å²) in [6.45, 7) is 2.58. The normalized spacial score (nSPS) is 10.6. The van der Waals surface area contributed by atoms with Crippen LogP contribution in [0.1, 0.15) is 18.1 Å². The lowest BCUT2D eigenvalue weighted by Crippen LogP contribution is -2.04. The molecule has 0 aliphatic rings. The average molecular weight is 344 g/mol. The molecule has 3 nitrogen and oxygen atoms in total. The van der Waals surface area contributed by atoms with Crippen LogP contribution in [0.5, 0.6) is 11.5 Å². The lowest BCUT2D eigenvalue weighted by Gasteiger charge is -2.15. The Labute approximate surface area is 138 Å². The molecule has 0 aliphatic heterocycles. The fraction of sp³-hybridized carbons (Fsp3) is 0.250. The Bertz CT molecular complexity index is 645. The first-order valence-electron chi connectivity index (χ1n) is 6.77. The summed E-state index contributed by atoms with van der Waals surface area (Å²) in [5.74, 6) is 0.392. The monoisotopic (exact) mass is 343 g/mol. The fourth-order valence-electron chi connectivity index (χ4n) is 1.96. The quantitative estimate of drug-likeness (QED) is 0.835. The minimum Gasteiger partial charge on any atom is -0.490 e. The van der Waals surface area contributed by atoms with Gasteiger partial charge in [0, 0.05) is 12.1 Å². The number of hydrogen-bond acceptors (Lipinski definition) is 3. The molecule has 0 fully saturated rings. The SMILES string of the molecule is CCOc1cc(CN)cc(Cl)c1OCc1c(F)cccc1Cl. The predicted octanol–water partition coefficient (Wildman–Crippen LogP) is 4.57. The third-order valence-electron chi connectivity index (χ3n) is 3.03.